The molecule has 0 aliphatic carbocycles. The fourth-order valence-electron chi connectivity index (χ4n) is 2.31. The number of aromatic nitrogens is 1. The minimum atomic E-state index is -0.0945. The highest BCUT2D eigenvalue weighted by molar-refractivity contribution is 7.22. The summed E-state index contributed by atoms with van der Waals surface area (Å²) in [4.78, 5) is 16.6. The van der Waals surface area contributed by atoms with E-state index in [0.29, 0.717) is 5.13 Å². The lowest BCUT2D eigenvalue weighted by molar-refractivity contribution is -0.115. The molecule has 0 atom stereocenters. The molecule has 2 aromatic carbocycles. The molecule has 1 aromatic heterocycles. The number of rotatable bonds is 4. The molecule has 1 amide bonds. The zero-order valence-corrected chi connectivity index (χ0v) is 13.2. The normalized spacial score (nSPS) is 10.6. The number of methoxy groups -OCH3 is 1. The van der Waals surface area contributed by atoms with Crippen molar-refractivity contribution in [3.8, 4) is 5.75 Å². The number of anilines is 1. The minimum absolute atomic E-state index is 0.0945. The van der Waals surface area contributed by atoms with E-state index >= 15 is 0 Å². The van der Waals surface area contributed by atoms with Crippen LogP contribution in [0.25, 0.3) is 10.2 Å². The van der Waals surface area contributed by atoms with Gasteiger partial charge in [0.1, 0.15) is 5.75 Å². The van der Waals surface area contributed by atoms with Crippen LogP contribution in [0.4, 0.5) is 5.13 Å². The van der Waals surface area contributed by atoms with Crippen molar-refractivity contribution < 1.29 is 9.53 Å². The summed E-state index contributed by atoms with van der Waals surface area (Å²) in [5, 5.41) is 3.49. The van der Waals surface area contributed by atoms with Crippen molar-refractivity contribution in [2.75, 3.05) is 12.4 Å². The monoisotopic (exact) mass is 312 g/mol. The summed E-state index contributed by atoms with van der Waals surface area (Å²) in [7, 11) is 1.61. The van der Waals surface area contributed by atoms with Crippen molar-refractivity contribution in [2.24, 2.45) is 0 Å². The fourth-order valence-corrected chi connectivity index (χ4v) is 3.19. The highest BCUT2D eigenvalue weighted by atomic mass is 32.1. The summed E-state index contributed by atoms with van der Waals surface area (Å²) < 4.78 is 6.37. The summed E-state index contributed by atoms with van der Waals surface area (Å²) in [6.45, 7) is 1.99. The van der Waals surface area contributed by atoms with E-state index in [9.17, 15) is 4.79 Å². The SMILES string of the molecule is COc1ccc(C)cc1CC(=O)Nc1nc2ccccc2s1. The largest absolute Gasteiger partial charge is 0.496 e. The quantitative estimate of drug-likeness (QED) is 0.797. The number of carbonyl (C=O) groups is 1. The number of carbonyl (C=O) groups excluding carboxylic acids is 1. The summed E-state index contributed by atoms with van der Waals surface area (Å²) >= 11 is 1.47. The number of ether oxygens (including phenoxy) is 1. The van der Waals surface area contributed by atoms with Gasteiger partial charge in [0.15, 0.2) is 5.13 Å². The number of aryl methyl sites for hydroxylation is 1. The van der Waals surface area contributed by atoms with Crippen molar-refractivity contribution >= 4 is 32.6 Å². The standard InChI is InChI=1S/C17H16N2O2S/c1-11-7-8-14(21-2)12(9-11)10-16(20)19-17-18-13-5-3-4-6-15(13)22-17/h3-9H,10H2,1-2H3,(H,18,19,20). The first-order valence-electron chi connectivity index (χ1n) is 6.94. The predicted molar refractivity (Wildman–Crippen MR) is 89.7 cm³/mol. The Balaban J connectivity index is 1.76. The molecule has 0 saturated carbocycles. The van der Waals surface area contributed by atoms with Crippen LogP contribution in [0.5, 0.6) is 5.75 Å². The van der Waals surface area contributed by atoms with Gasteiger partial charge in [0.25, 0.3) is 0 Å². The lowest BCUT2D eigenvalue weighted by atomic mass is 10.1. The van der Waals surface area contributed by atoms with Crippen LogP contribution < -0.4 is 10.1 Å². The van der Waals surface area contributed by atoms with Gasteiger partial charge in [-0.2, -0.15) is 0 Å². The van der Waals surface area contributed by atoms with Crippen molar-refractivity contribution in [1.82, 2.24) is 4.98 Å². The van der Waals surface area contributed by atoms with E-state index in [0.717, 1.165) is 27.1 Å². The van der Waals surface area contributed by atoms with Crippen LogP contribution in [-0.2, 0) is 11.2 Å². The van der Waals surface area contributed by atoms with Crippen molar-refractivity contribution in [3.05, 3.63) is 53.6 Å². The Labute approximate surface area is 132 Å². The van der Waals surface area contributed by atoms with Gasteiger partial charge in [0, 0.05) is 5.56 Å². The topological polar surface area (TPSA) is 51.2 Å². The molecule has 1 N–H and O–H groups in total. The molecule has 4 nitrogen and oxygen atoms in total. The second kappa shape index (κ2) is 6.15. The fraction of sp³-hybridized carbons (Fsp3) is 0.176. The lowest BCUT2D eigenvalue weighted by Gasteiger charge is -2.09. The molecule has 22 heavy (non-hydrogen) atoms. The Morgan fingerprint density at radius 3 is 2.86 bits per heavy atom. The summed E-state index contributed by atoms with van der Waals surface area (Å²) in [6, 6.07) is 13.6. The Morgan fingerprint density at radius 2 is 2.09 bits per heavy atom. The van der Waals surface area contributed by atoms with Crippen molar-refractivity contribution in [2.45, 2.75) is 13.3 Å². The van der Waals surface area contributed by atoms with Gasteiger partial charge >= 0.3 is 0 Å². The van der Waals surface area contributed by atoms with Crippen LogP contribution in [0.3, 0.4) is 0 Å². The minimum Gasteiger partial charge on any atom is -0.496 e. The maximum absolute atomic E-state index is 12.2. The van der Waals surface area contributed by atoms with E-state index in [2.05, 4.69) is 10.3 Å². The molecular weight excluding hydrogens is 296 g/mol. The van der Waals surface area contributed by atoms with Gasteiger partial charge in [0.05, 0.1) is 23.7 Å². The van der Waals surface area contributed by atoms with Crippen LogP contribution >= 0.6 is 11.3 Å². The molecule has 0 bridgehead atoms. The molecule has 0 saturated heterocycles. The van der Waals surface area contributed by atoms with Gasteiger partial charge in [-0.1, -0.05) is 41.2 Å². The van der Waals surface area contributed by atoms with Gasteiger partial charge in [-0.25, -0.2) is 4.98 Å². The predicted octanol–water partition coefficient (Wildman–Crippen LogP) is 3.79. The van der Waals surface area contributed by atoms with E-state index in [1.54, 1.807) is 7.11 Å². The van der Waals surface area contributed by atoms with E-state index in [4.69, 9.17) is 4.74 Å². The molecule has 3 rings (SSSR count). The molecule has 5 heteroatoms. The Hall–Kier alpha value is -2.40. The highest BCUT2D eigenvalue weighted by Gasteiger charge is 2.11. The van der Waals surface area contributed by atoms with E-state index in [1.807, 2.05) is 49.4 Å². The first-order valence-corrected chi connectivity index (χ1v) is 7.76. The van der Waals surface area contributed by atoms with Gasteiger partial charge in [-0.3, -0.25) is 4.79 Å². The number of para-hydroxylation sites is 1. The molecule has 112 valence electrons. The first kappa shape index (κ1) is 14.5. The van der Waals surface area contributed by atoms with Gasteiger partial charge in [0.2, 0.25) is 5.91 Å². The molecule has 0 spiro atoms. The number of hydrogen-bond acceptors (Lipinski definition) is 4. The van der Waals surface area contributed by atoms with Gasteiger partial charge in [-0.05, 0) is 25.1 Å². The molecule has 0 unspecified atom stereocenters. The molecule has 1 heterocycles. The smallest absolute Gasteiger partial charge is 0.230 e. The number of hydrogen-bond donors (Lipinski definition) is 1. The van der Waals surface area contributed by atoms with Crippen LogP contribution in [0.15, 0.2) is 42.5 Å². The van der Waals surface area contributed by atoms with E-state index < -0.39 is 0 Å². The third-order valence-electron chi connectivity index (χ3n) is 3.33. The third kappa shape index (κ3) is 3.09. The summed E-state index contributed by atoms with van der Waals surface area (Å²) in [5.41, 5.74) is 2.88. The van der Waals surface area contributed by atoms with Gasteiger partial charge in [-0.15, -0.1) is 0 Å². The van der Waals surface area contributed by atoms with E-state index in [1.165, 1.54) is 11.3 Å². The Kier molecular flexibility index (Phi) is 4.06. The maximum Gasteiger partial charge on any atom is 0.230 e. The number of amides is 1. The number of nitrogens with zero attached hydrogens (tertiary/aromatic N) is 1. The number of thiazole rings is 1. The third-order valence-corrected chi connectivity index (χ3v) is 4.28. The molecule has 0 aliphatic rings. The van der Waals surface area contributed by atoms with Crippen LogP contribution in [-0.4, -0.2) is 18.0 Å². The van der Waals surface area contributed by atoms with Crippen LogP contribution in [0.1, 0.15) is 11.1 Å². The van der Waals surface area contributed by atoms with Crippen molar-refractivity contribution in [1.29, 1.82) is 0 Å². The molecule has 0 aliphatic heterocycles. The lowest BCUT2D eigenvalue weighted by Crippen LogP contribution is -2.14. The Morgan fingerprint density at radius 1 is 1.27 bits per heavy atom. The number of nitrogens with one attached hydrogen (secondary N) is 1. The van der Waals surface area contributed by atoms with Crippen LogP contribution in [0, 0.1) is 6.92 Å². The second-order valence-corrected chi connectivity index (χ2v) is 6.06. The van der Waals surface area contributed by atoms with E-state index in [-0.39, 0.29) is 12.3 Å². The molecule has 0 radical (unpaired) electrons. The first-order chi connectivity index (χ1) is 10.7. The molecule has 0 fully saturated rings. The zero-order chi connectivity index (χ0) is 15.5. The Bertz CT molecular complexity index is 793. The molecule has 3 aromatic rings. The second-order valence-electron chi connectivity index (χ2n) is 5.03. The molecular formula is C17H16N2O2S. The van der Waals surface area contributed by atoms with Gasteiger partial charge < -0.3 is 10.1 Å². The zero-order valence-electron chi connectivity index (χ0n) is 12.4. The summed E-state index contributed by atoms with van der Waals surface area (Å²) in [5.74, 6) is 0.632. The van der Waals surface area contributed by atoms with Crippen molar-refractivity contribution in [3.63, 3.8) is 0 Å². The average Bonchev–Trinajstić information content (AvgIpc) is 2.89. The number of fused-ring (bicyclic) bond motifs is 1. The maximum atomic E-state index is 12.2. The van der Waals surface area contributed by atoms with Crippen LogP contribution in [0.2, 0.25) is 0 Å². The number of benzene rings is 2. The highest BCUT2D eigenvalue weighted by Crippen LogP contribution is 2.26. The summed E-state index contributed by atoms with van der Waals surface area (Å²) in [6.07, 6.45) is 0.265. The average molecular weight is 312 g/mol.